The number of nitrogens with one attached hydrogen (secondary N) is 1. The summed E-state index contributed by atoms with van der Waals surface area (Å²) in [5.74, 6) is 0.899. The van der Waals surface area contributed by atoms with Crippen LogP contribution in [0.5, 0.6) is 0 Å². The van der Waals surface area contributed by atoms with E-state index in [2.05, 4.69) is 15.5 Å². The van der Waals surface area contributed by atoms with Gasteiger partial charge < -0.3 is 9.84 Å². The Morgan fingerprint density at radius 3 is 3.05 bits per heavy atom. The average Bonchev–Trinajstić information content (AvgIpc) is 3.16. The molecule has 2 aromatic rings. The van der Waals surface area contributed by atoms with Gasteiger partial charge in [0.1, 0.15) is 0 Å². The van der Waals surface area contributed by atoms with E-state index in [0.717, 1.165) is 4.88 Å². The third-order valence-electron chi connectivity index (χ3n) is 3.37. The number of hydrogen-bond acceptors (Lipinski definition) is 7. The van der Waals surface area contributed by atoms with Gasteiger partial charge in [0.05, 0.1) is 16.4 Å². The normalized spacial score (nSPS) is 20.1. The molecule has 9 heteroatoms. The van der Waals surface area contributed by atoms with Gasteiger partial charge in [-0.05, 0) is 17.9 Å². The maximum absolute atomic E-state index is 11.8. The van der Waals surface area contributed by atoms with E-state index in [9.17, 15) is 13.2 Å². The number of sulfone groups is 1. The minimum Gasteiger partial charge on any atom is -0.352 e. The molecular formula is C13H15N3O4S2. The van der Waals surface area contributed by atoms with E-state index >= 15 is 0 Å². The third-order valence-corrected chi connectivity index (χ3v) is 6.01. The standard InChI is InChI=1S/C13H15N3O4S2/c17-11(14-9-5-7-22(18,19)8-9)3-4-12-15-13(16-20-12)10-2-1-6-21-10/h1-2,6,9H,3-5,7-8H2,(H,14,17)/t9-/m0/s1. The van der Waals surface area contributed by atoms with Crippen LogP contribution in [0.1, 0.15) is 18.7 Å². The summed E-state index contributed by atoms with van der Waals surface area (Å²) in [6.07, 6.45) is 1.02. The first-order valence-corrected chi connectivity index (χ1v) is 9.58. The van der Waals surface area contributed by atoms with Crippen molar-refractivity contribution in [3.8, 4) is 10.7 Å². The zero-order valence-corrected chi connectivity index (χ0v) is 13.3. The molecule has 1 saturated heterocycles. The molecule has 3 rings (SSSR count). The van der Waals surface area contributed by atoms with Gasteiger partial charge in [-0.15, -0.1) is 11.3 Å². The molecule has 1 aliphatic heterocycles. The first-order valence-electron chi connectivity index (χ1n) is 6.88. The second-order valence-corrected chi connectivity index (χ2v) is 8.33. The summed E-state index contributed by atoms with van der Waals surface area (Å²) in [4.78, 5) is 17.0. The number of aromatic nitrogens is 2. The highest BCUT2D eigenvalue weighted by atomic mass is 32.2. The fourth-order valence-corrected chi connectivity index (χ4v) is 4.61. The monoisotopic (exact) mass is 341 g/mol. The van der Waals surface area contributed by atoms with Crippen molar-refractivity contribution in [2.75, 3.05) is 11.5 Å². The molecule has 0 unspecified atom stereocenters. The molecule has 1 fully saturated rings. The topological polar surface area (TPSA) is 102 Å². The fourth-order valence-electron chi connectivity index (χ4n) is 2.29. The van der Waals surface area contributed by atoms with Crippen LogP contribution < -0.4 is 5.32 Å². The molecule has 7 nitrogen and oxygen atoms in total. The molecule has 0 aromatic carbocycles. The summed E-state index contributed by atoms with van der Waals surface area (Å²) in [6.45, 7) is 0. The van der Waals surface area contributed by atoms with Crippen LogP contribution in [0.15, 0.2) is 22.0 Å². The van der Waals surface area contributed by atoms with Crippen molar-refractivity contribution in [3.05, 3.63) is 23.4 Å². The average molecular weight is 341 g/mol. The van der Waals surface area contributed by atoms with Crippen LogP contribution in [0.4, 0.5) is 0 Å². The number of hydrogen-bond donors (Lipinski definition) is 1. The summed E-state index contributed by atoms with van der Waals surface area (Å²) in [5, 5.41) is 8.53. The molecule has 1 N–H and O–H groups in total. The molecule has 0 spiro atoms. The Morgan fingerprint density at radius 2 is 2.36 bits per heavy atom. The molecule has 0 saturated carbocycles. The number of nitrogens with zero attached hydrogens (tertiary/aromatic N) is 2. The summed E-state index contributed by atoms with van der Waals surface area (Å²) < 4.78 is 27.8. The molecule has 22 heavy (non-hydrogen) atoms. The van der Waals surface area contributed by atoms with Crippen LogP contribution >= 0.6 is 11.3 Å². The van der Waals surface area contributed by atoms with E-state index in [1.54, 1.807) is 0 Å². The lowest BCUT2D eigenvalue weighted by atomic mass is 10.2. The smallest absolute Gasteiger partial charge is 0.227 e. The molecular weight excluding hydrogens is 326 g/mol. The van der Waals surface area contributed by atoms with Crippen LogP contribution in [0.25, 0.3) is 10.7 Å². The molecule has 0 radical (unpaired) electrons. The van der Waals surface area contributed by atoms with Crippen molar-refractivity contribution in [3.63, 3.8) is 0 Å². The van der Waals surface area contributed by atoms with Gasteiger partial charge in [-0.1, -0.05) is 11.2 Å². The van der Waals surface area contributed by atoms with Gasteiger partial charge in [-0.25, -0.2) is 8.42 Å². The third kappa shape index (κ3) is 3.72. The lowest BCUT2D eigenvalue weighted by Gasteiger charge is -2.09. The number of carbonyl (C=O) groups is 1. The van der Waals surface area contributed by atoms with Gasteiger partial charge >= 0.3 is 0 Å². The second kappa shape index (κ2) is 6.17. The van der Waals surface area contributed by atoms with E-state index in [-0.39, 0.29) is 29.9 Å². The Labute approximate surface area is 131 Å². The second-order valence-electron chi connectivity index (χ2n) is 5.16. The van der Waals surface area contributed by atoms with Gasteiger partial charge in [0, 0.05) is 18.9 Å². The Kier molecular flexibility index (Phi) is 4.25. The Morgan fingerprint density at radius 1 is 1.50 bits per heavy atom. The maximum Gasteiger partial charge on any atom is 0.227 e. The summed E-state index contributed by atoms with van der Waals surface area (Å²) in [6, 6.07) is 3.52. The predicted molar refractivity (Wildman–Crippen MR) is 81.1 cm³/mol. The number of aryl methyl sites for hydroxylation is 1. The van der Waals surface area contributed by atoms with Crippen molar-refractivity contribution >= 4 is 27.1 Å². The Hall–Kier alpha value is -1.74. The highest BCUT2D eigenvalue weighted by Gasteiger charge is 2.28. The van der Waals surface area contributed by atoms with Crippen LogP contribution in [-0.4, -0.2) is 42.0 Å². The van der Waals surface area contributed by atoms with Crippen molar-refractivity contribution in [2.24, 2.45) is 0 Å². The maximum atomic E-state index is 11.8. The van der Waals surface area contributed by atoms with Crippen molar-refractivity contribution in [2.45, 2.75) is 25.3 Å². The minimum absolute atomic E-state index is 0.0296. The number of thiophene rings is 1. The van der Waals surface area contributed by atoms with Gasteiger partial charge in [-0.3, -0.25) is 4.79 Å². The zero-order valence-electron chi connectivity index (χ0n) is 11.7. The van der Waals surface area contributed by atoms with Gasteiger partial charge in [-0.2, -0.15) is 4.98 Å². The molecule has 1 atom stereocenters. The lowest BCUT2D eigenvalue weighted by molar-refractivity contribution is -0.121. The van der Waals surface area contributed by atoms with Gasteiger partial charge in [0.2, 0.25) is 17.6 Å². The van der Waals surface area contributed by atoms with E-state index in [4.69, 9.17) is 4.52 Å². The molecule has 3 heterocycles. The first kappa shape index (κ1) is 15.2. The van der Waals surface area contributed by atoms with Crippen LogP contribution in [0.2, 0.25) is 0 Å². The predicted octanol–water partition coefficient (Wildman–Crippen LogP) is 1.03. The summed E-state index contributed by atoms with van der Waals surface area (Å²) in [5.41, 5.74) is 0. The summed E-state index contributed by atoms with van der Waals surface area (Å²) in [7, 11) is -2.98. The molecule has 1 aliphatic rings. The van der Waals surface area contributed by atoms with Crippen LogP contribution in [0.3, 0.4) is 0 Å². The lowest BCUT2D eigenvalue weighted by Crippen LogP contribution is -2.35. The largest absolute Gasteiger partial charge is 0.352 e. The molecule has 118 valence electrons. The van der Waals surface area contributed by atoms with E-state index in [0.29, 0.717) is 24.6 Å². The minimum atomic E-state index is -2.98. The zero-order chi connectivity index (χ0) is 15.6. The van der Waals surface area contributed by atoms with E-state index in [1.165, 1.54) is 11.3 Å². The summed E-state index contributed by atoms with van der Waals surface area (Å²) >= 11 is 1.51. The first-order chi connectivity index (χ1) is 10.5. The highest BCUT2D eigenvalue weighted by Crippen LogP contribution is 2.21. The number of amides is 1. The van der Waals surface area contributed by atoms with Crippen molar-refractivity contribution in [1.82, 2.24) is 15.5 Å². The van der Waals surface area contributed by atoms with Crippen LogP contribution in [-0.2, 0) is 21.1 Å². The Bertz CT molecular complexity index is 752. The van der Waals surface area contributed by atoms with Crippen molar-refractivity contribution in [1.29, 1.82) is 0 Å². The quantitative estimate of drug-likeness (QED) is 0.871. The van der Waals surface area contributed by atoms with E-state index < -0.39 is 9.84 Å². The molecule has 2 aromatic heterocycles. The SMILES string of the molecule is O=C(CCc1nc(-c2cccs2)no1)N[C@H]1CCS(=O)(=O)C1. The molecule has 0 aliphatic carbocycles. The van der Waals surface area contributed by atoms with Crippen molar-refractivity contribution < 1.29 is 17.7 Å². The Balaban J connectivity index is 1.49. The fraction of sp³-hybridized carbons (Fsp3) is 0.462. The molecule has 0 bridgehead atoms. The van der Waals surface area contributed by atoms with Gasteiger partial charge in [0.25, 0.3) is 0 Å². The number of rotatable bonds is 5. The highest BCUT2D eigenvalue weighted by molar-refractivity contribution is 7.91. The van der Waals surface area contributed by atoms with Gasteiger partial charge in [0.15, 0.2) is 9.84 Å². The number of carbonyl (C=O) groups excluding carboxylic acids is 1. The molecule has 1 amide bonds. The van der Waals surface area contributed by atoms with Crippen LogP contribution in [0, 0.1) is 0 Å². The van der Waals surface area contributed by atoms with E-state index in [1.807, 2.05) is 17.5 Å².